The molecule has 1 saturated heterocycles. The van der Waals surface area contributed by atoms with E-state index in [1.54, 1.807) is 11.9 Å². The number of carbonyl (C=O) groups is 3. The fourth-order valence-electron chi connectivity index (χ4n) is 2.41. The van der Waals surface area contributed by atoms with Crippen LogP contribution < -0.4 is 0 Å². The lowest BCUT2D eigenvalue weighted by Crippen LogP contribution is -2.36. The van der Waals surface area contributed by atoms with Gasteiger partial charge in [-0.3, -0.25) is 14.4 Å². The van der Waals surface area contributed by atoms with Crippen LogP contribution in [0.4, 0.5) is 0 Å². The number of amides is 2. The summed E-state index contributed by atoms with van der Waals surface area (Å²) >= 11 is 0. The molecule has 2 aliphatic rings. The summed E-state index contributed by atoms with van der Waals surface area (Å²) in [6, 6.07) is 0. The summed E-state index contributed by atoms with van der Waals surface area (Å²) in [4.78, 5) is 37.6. The molecule has 6 heteroatoms. The number of carbonyl (C=O) groups excluding carboxylic acids is 2. The van der Waals surface area contributed by atoms with E-state index in [9.17, 15) is 14.4 Å². The summed E-state index contributed by atoms with van der Waals surface area (Å²) < 4.78 is 0. The molecule has 1 heterocycles. The number of carboxylic acid groups (broad SMARTS) is 1. The quantitative estimate of drug-likeness (QED) is 0.745. The molecule has 1 atom stereocenters. The van der Waals surface area contributed by atoms with Crippen LogP contribution >= 0.6 is 0 Å². The van der Waals surface area contributed by atoms with Gasteiger partial charge in [0.15, 0.2) is 0 Å². The molecular weight excluding hydrogens is 248 g/mol. The van der Waals surface area contributed by atoms with Crippen LogP contribution in [0.1, 0.15) is 25.7 Å². The Hall–Kier alpha value is -1.59. The first-order valence-corrected chi connectivity index (χ1v) is 6.72. The predicted octanol–water partition coefficient (Wildman–Crippen LogP) is 0.178. The van der Waals surface area contributed by atoms with Crippen molar-refractivity contribution < 1.29 is 19.5 Å². The zero-order valence-corrected chi connectivity index (χ0v) is 11.2. The highest BCUT2D eigenvalue weighted by Crippen LogP contribution is 2.32. The van der Waals surface area contributed by atoms with Crippen molar-refractivity contribution in [2.45, 2.75) is 25.7 Å². The zero-order chi connectivity index (χ0) is 14.0. The minimum absolute atomic E-state index is 0.0527. The molecule has 1 saturated carbocycles. The maximum atomic E-state index is 12.1. The number of aliphatic carboxylic acids is 1. The summed E-state index contributed by atoms with van der Waals surface area (Å²) in [6.07, 6.45) is 2.57. The molecule has 1 aliphatic carbocycles. The van der Waals surface area contributed by atoms with Crippen molar-refractivity contribution in [2.75, 3.05) is 26.7 Å². The SMILES string of the molecule is CN(CCC(=O)O)C(=O)C1CC(=O)N(CC2CC2)C1. The highest BCUT2D eigenvalue weighted by atomic mass is 16.4. The van der Waals surface area contributed by atoms with E-state index in [4.69, 9.17) is 5.11 Å². The van der Waals surface area contributed by atoms with Crippen molar-refractivity contribution in [3.63, 3.8) is 0 Å². The molecule has 0 aromatic heterocycles. The Kier molecular flexibility index (Phi) is 4.07. The van der Waals surface area contributed by atoms with Crippen LogP contribution in [0.5, 0.6) is 0 Å². The molecule has 19 heavy (non-hydrogen) atoms. The maximum absolute atomic E-state index is 12.1. The molecular formula is C13H20N2O4. The summed E-state index contributed by atoms with van der Waals surface area (Å²) in [5.74, 6) is -0.658. The molecule has 0 aromatic carbocycles. The summed E-state index contributed by atoms with van der Waals surface area (Å²) in [7, 11) is 1.60. The third kappa shape index (κ3) is 3.68. The van der Waals surface area contributed by atoms with Crippen LogP contribution in [-0.4, -0.2) is 59.4 Å². The van der Waals surface area contributed by atoms with Gasteiger partial charge < -0.3 is 14.9 Å². The molecule has 1 aliphatic heterocycles. The van der Waals surface area contributed by atoms with E-state index in [1.807, 2.05) is 0 Å². The first kappa shape index (κ1) is 13.8. The molecule has 6 nitrogen and oxygen atoms in total. The monoisotopic (exact) mass is 268 g/mol. The molecule has 0 radical (unpaired) electrons. The van der Waals surface area contributed by atoms with Crippen molar-refractivity contribution in [1.29, 1.82) is 0 Å². The van der Waals surface area contributed by atoms with Gasteiger partial charge in [0.2, 0.25) is 11.8 Å². The van der Waals surface area contributed by atoms with Crippen molar-refractivity contribution in [2.24, 2.45) is 11.8 Å². The van der Waals surface area contributed by atoms with Crippen LogP contribution in [0.2, 0.25) is 0 Å². The van der Waals surface area contributed by atoms with E-state index < -0.39 is 5.97 Å². The standard InChI is InChI=1S/C13H20N2O4/c1-14(5-4-12(17)18)13(19)10-6-11(16)15(8-10)7-9-2-3-9/h9-10H,2-8H2,1H3,(H,17,18). The van der Waals surface area contributed by atoms with Gasteiger partial charge in [-0.05, 0) is 18.8 Å². The first-order chi connectivity index (χ1) is 8.97. The molecule has 0 bridgehead atoms. The summed E-state index contributed by atoms with van der Waals surface area (Å²) in [5.41, 5.74) is 0. The maximum Gasteiger partial charge on any atom is 0.305 e. The summed E-state index contributed by atoms with van der Waals surface area (Å²) in [6.45, 7) is 1.47. The number of likely N-dealkylation sites (tertiary alicyclic amines) is 1. The Morgan fingerprint density at radius 3 is 2.68 bits per heavy atom. The average molecular weight is 268 g/mol. The smallest absolute Gasteiger partial charge is 0.305 e. The van der Waals surface area contributed by atoms with Crippen LogP contribution in [0.15, 0.2) is 0 Å². The van der Waals surface area contributed by atoms with E-state index in [0.717, 1.165) is 6.54 Å². The molecule has 2 rings (SSSR count). The van der Waals surface area contributed by atoms with Crippen molar-refractivity contribution >= 4 is 17.8 Å². The van der Waals surface area contributed by atoms with Crippen molar-refractivity contribution in [3.8, 4) is 0 Å². The Balaban J connectivity index is 1.82. The predicted molar refractivity (Wildman–Crippen MR) is 67.3 cm³/mol. The van der Waals surface area contributed by atoms with Gasteiger partial charge in [0.25, 0.3) is 0 Å². The Bertz CT molecular complexity index is 392. The molecule has 1 N–H and O–H groups in total. The fourth-order valence-corrected chi connectivity index (χ4v) is 2.41. The molecule has 0 spiro atoms. The van der Waals surface area contributed by atoms with Gasteiger partial charge in [0.1, 0.15) is 0 Å². The molecule has 106 valence electrons. The van der Waals surface area contributed by atoms with E-state index in [0.29, 0.717) is 12.5 Å². The van der Waals surface area contributed by atoms with E-state index in [-0.39, 0.29) is 37.1 Å². The average Bonchev–Trinajstić information content (AvgIpc) is 3.09. The van der Waals surface area contributed by atoms with Gasteiger partial charge in [-0.2, -0.15) is 0 Å². The van der Waals surface area contributed by atoms with Crippen molar-refractivity contribution in [3.05, 3.63) is 0 Å². The number of hydrogen-bond donors (Lipinski definition) is 1. The third-order valence-electron chi connectivity index (χ3n) is 3.78. The van der Waals surface area contributed by atoms with Crippen LogP contribution in [0.3, 0.4) is 0 Å². The number of nitrogens with zero attached hydrogens (tertiary/aromatic N) is 2. The van der Waals surface area contributed by atoms with Gasteiger partial charge in [-0.1, -0.05) is 0 Å². The Morgan fingerprint density at radius 1 is 1.42 bits per heavy atom. The van der Waals surface area contributed by atoms with Gasteiger partial charge in [0, 0.05) is 33.1 Å². The second-order valence-corrected chi connectivity index (χ2v) is 5.55. The van der Waals surface area contributed by atoms with Crippen LogP contribution in [-0.2, 0) is 14.4 Å². The van der Waals surface area contributed by atoms with Gasteiger partial charge in [0.05, 0.1) is 12.3 Å². The number of carboxylic acids is 1. The van der Waals surface area contributed by atoms with E-state index >= 15 is 0 Å². The minimum atomic E-state index is -0.919. The minimum Gasteiger partial charge on any atom is -0.481 e. The van der Waals surface area contributed by atoms with E-state index in [1.165, 1.54) is 17.7 Å². The lowest BCUT2D eigenvalue weighted by atomic mass is 10.1. The number of rotatable bonds is 6. The largest absolute Gasteiger partial charge is 0.481 e. The molecule has 0 aromatic rings. The van der Waals surface area contributed by atoms with Crippen LogP contribution in [0, 0.1) is 11.8 Å². The number of hydrogen-bond acceptors (Lipinski definition) is 3. The van der Waals surface area contributed by atoms with E-state index in [2.05, 4.69) is 0 Å². The fraction of sp³-hybridized carbons (Fsp3) is 0.769. The summed E-state index contributed by atoms with van der Waals surface area (Å²) in [5, 5.41) is 8.60. The second-order valence-electron chi connectivity index (χ2n) is 5.55. The molecule has 2 fully saturated rings. The Morgan fingerprint density at radius 2 is 2.11 bits per heavy atom. The molecule has 2 amide bonds. The normalized spacial score (nSPS) is 22.7. The third-order valence-corrected chi connectivity index (χ3v) is 3.78. The second kappa shape index (κ2) is 5.59. The van der Waals surface area contributed by atoms with Gasteiger partial charge in [-0.15, -0.1) is 0 Å². The van der Waals surface area contributed by atoms with Crippen molar-refractivity contribution in [1.82, 2.24) is 9.80 Å². The first-order valence-electron chi connectivity index (χ1n) is 6.72. The molecule has 1 unspecified atom stereocenters. The van der Waals surface area contributed by atoms with Gasteiger partial charge >= 0.3 is 5.97 Å². The highest BCUT2D eigenvalue weighted by Gasteiger charge is 2.38. The zero-order valence-electron chi connectivity index (χ0n) is 11.2. The topological polar surface area (TPSA) is 77.9 Å². The van der Waals surface area contributed by atoms with Gasteiger partial charge in [-0.25, -0.2) is 0 Å². The lowest BCUT2D eigenvalue weighted by molar-refractivity contribution is -0.139. The highest BCUT2D eigenvalue weighted by molar-refractivity contribution is 5.89. The lowest BCUT2D eigenvalue weighted by Gasteiger charge is -2.20. The van der Waals surface area contributed by atoms with Crippen LogP contribution in [0.25, 0.3) is 0 Å². The Labute approximate surface area is 112 Å².